The van der Waals surface area contributed by atoms with Gasteiger partial charge in [-0.2, -0.15) is 0 Å². The molecule has 3 nitrogen and oxygen atoms in total. The van der Waals surface area contributed by atoms with Crippen LogP contribution in [0.4, 0.5) is 5.69 Å². The summed E-state index contributed by atoms with van der Waals surface area (Å²) in [5.41, 5.74) is 4.30. The Morgan fingerprint density at radius 2 is 1.95 bits per heavy atom. The fourth-order valence-corrected chi connectivity index (χ4v) is 1.99. The minimum Gasteiger partial charge on any atom is -0.504 e. The first kappa shape index (κ1) is 13.3. The monoisotopic (exact) mass is 257 g/mol. The molecule has 0 atom stereocenters. The Morgan fingerprint density at radius 3 is 2.68 bits per heavy atom. The number of hydrogen-bond acceptors (Lipinski definition) is 3. The predicted molar refractivity (Wildman–Crippen MR) is 77.9 cm³/mol. The minimum absolute atomic E-state index is 0.197. The van der Waals surface area contributed by atoms with Gasteiger partial charge in [0.1, 0.15) is 0 Å². The first-order valence-electron chi connectivity index (χ1n) is 6.28. The summed E-state index contributed by atoms with van der Waals surface area (Å²) in [7, 11) is 1.55. The van der Waals surface area contributed by atoms with E-state index in [1.165, 1.54) is 11.1 Å². The molecule has 0 aliphatic carbocycles. The number of benzene rings is 2. The highest BCUT2D eigenvalue weighted by Crippen LogP contribution is 2.30. The van der Waals surface area contributed by atoms with Crippen molar-refractivity contribution in [1.29, 1.82) is 0 Å². The molecule has 3 heteroatoms. The van der Waals surface area contributed by atoms with Gasteiger partial charge in [0.15, 0.2) is 11.5 Å². The number of rotatable bonds is 4. The van der Waals surface area contributed by atoms with Crippen molar-refractivity contribution in [2.75, 3.05) is 12.4 Å². The molecule has 0 heterocycles. The quantitative estimate of drug-likeness (QED) is 0.878. The van der Waals surface area contributed by atoms with Gasteiger partial charge in [-0.15, -0.1) is 0 Å². The van der Waals surface area contributed by atoms with Crippen molar-refractivity contribution in [3.8, 4) is 11.5 Å². The molecule has 100 valence electrons. The van der Waals surface area contributed by atoms with Gasteiger partial charge in [0, 0.05) is 17.8 Å². The van der Waals surface area contributed by atoms with Crippen LogP contribution >= 0.6 is 0 Å². The van der Waals surface area contributed by atoms with Crippen molar-refractivity contribution in [2.24, 2.45) is 0 Å². The van der Waals surface area contributed by atoms with E-state index in [1.807, 2.05) is 12.1 Å². The molecule has 0 fully saturated rings. The van der Waals surface area contributed by atoms with Crippen molar-refractivity contribution < 1.29 is 9.84 Å². The molecule has 0 radical (unpaired) electrons. The van der Waals surface area contributed by atoms with Crippen LogP contribution in [0.1, 0.15) is 16.7 Å². The van der Waals surface area contributed by atoms with E-state index in [2.05, 4.69) is 37.4 Å². The van der Waals surface area contributed by atoms with Crippen LogP contribution in [-0.4, -0.2) is 12.2 Å². The lowest BCUT2D eigenvalue weighted by atomic mass is 10.1. The Labute approximate surface area is 113 Å². The highest BCUT2D eigenvalue weighted by atomic mass is 16.5. The predicted octanol–water partition coefficient (Wildman–Crippen LogP) is 3.63. The molecular weight excluding hydrogens is 238 g/mol. The maximum absolute atomic E-state index is 10.0. The molecule has 0 unspecified atom stereocenters. The van der Waals surface area contributed by atoms with Crippen LogP contribution in [0.5, 0.6) is 11.5 Å². The van der Waals surface area contributed by atoms with Crippen LogP contribution < -0.4 is 10.1 Å². The summed E-state index contributed by atoms with van der Waals surface area (Å²) >= 11 is 0. The number of hydrogen-bond donors (Lipinski definition) is 2. The zero-order chi connectivity index (χ0) is 13.8. The second-order valence-electron chi connectivity index (χ2n) is 4.64. The third-order valence-corrected chi connectivity index (χ3v) is 3.16. The summed E-state index contributed by atoms with van der Waals surface area (Å²) in [6, 6.07) is 11.8. The Morgan fingerprint density at radius 1 is 1.16 bits per heavy atom. The summed E-state index contributed by atoms with van der Waals surface area (Å²) in [6.45, 7) is 4.69. The highest BCUT2D eigenvalue weighted by Gasteiger charge is 2.07. The first-order chi connectivity index (χ1) is 9.11. The third-order valence-electron chi connectivity index (χ3n) is 3.16. The van der Waals surface area contributed by atoms with E-state index in [9.17, 15) is 5.11 Å². The fraction of sp³-hybridized carbons (Fsp3) is 0.250. The van der Waals surface area contributed by atoms with Crippen LogP contribution in [0.25, 0.3) is 0 Å². The molecule has 0 saturated carbocycles. The van der Waals surface area contributed by atoms with E-state index in [-0.39, 0.29) is 5.75 Å². The number of phenolic OH excluding ortho intramolecular Hbond substituents is 1. The van der Waals surface area contributed by atoms with Crippen molar-refractivity contribution in [3.63, 3.8) is 0 Å². The van der Waals surface area contributed by atoms with Crippen LogP contribution in [0.15, 0.2) is 36.4 Å². The normalized spacial score (nSPS) is 10.3. The lowest BCUT2D eigenvalue weighted by molar-refractivity contribution is 0.371. The van der Waals surface area contributed by atoms with Crippen molar-refractivity contribution >= 4 is 5.69 Å². The van der Waals surface area contributed by atoms with Gasteiger partial charge in [-0.3, -0.25) is 0 Å². The number of methoxy groups -OCH3 is 1. The molecule has 0 aliphatic rings. The molecule has 0 amide bonds. The Balaban J connectivity index is 2.17. The maximum atomic E-state index is 10.0. The average molecular weight is 257 g/mol. The van der Waals surface area contributed by atoms with Gasteiger partial charge >= 0.3 is 0 Å². The maximum Gasteiger partial charge on any atom is 0.162 e. The van der Waals surface area contributed by atoms with Crippen molar-refractivity contribution in [2.45, 2.75) is 20.4 Å². The van der Waals surface area contributed by atoms with Crippen molar-refractivity contribution in [1.82, 2.24) is 0 Å². The van der Waals surface area contributed by atoms with Gasteiger partial charge in [-0.25, -0.2) is 0 Å². The van der Waals surface area contributed by atoms with E-state index >= 15 is 0 Å². The number of ether oxygens (including phenoxy) is 1. The molecule has 19 heavy (non-hydrogen) atoms. The van der Waals surface area contributed by atoms with Crippen LogP contribution in [-0.2, 0) is 6.54 Å². The summed E-state index contributed by atoms with van der Waals surface area (Å²) in [5, 5.41) is 13.4. The van der Waals surface area contributed by atoms with Crippen molar-refractivity contribution in [3.05, 3.63) is 53.1 Å². The smallest absolute Gasteiger partial charge is 0.162 e. The summed E-state index contributed by atoms with van der Waals surface area (Å²) < 4.78 is 5.10. The number of aromatic hydroxyl groups is 1. The molecule has 0 aromatic heterocycles. The molecule has 0 spiro atoms. The van der Waals surface area contributed by atoms with Gasteiger partial charge in [0.2, 0.25) is 0 Å². The number of nitrogens with one attached hydrogen (secondary N) is 1. The second-order valence-corrected chi connectivity index (χ2v) is 4.64. The van der Waals surface area contributed by atoms with Gasteiger partial charge < -0.3 is 15.2 Å². The van der Waals surface area contributed by atoms with E-state index in [0.29, 0.717) is 12.3 Å². The van der Waals surface area contributed by atoms with E-state index in [1.54, 1.807) is 13.2 Å². The average Bonchev–Trinajstić information content (AvgIpc) is 2.41. The Kier molecular flexibility index (Phi) is 3.95. The standard InChI is InChI=1S/C16H19NO2/c1-11-7-8-12(2)14(9-11)17-10-13-5-4-6-15(19-3)16(13)18/h4-9,17-18H,10H2,1-3H3. The largest absolute Gasteiger partial charge is 0.504 e. The summed E-state index contributed by atoms with van der Waals surface area (Å²) in [6.07, 6.45) is 0. The van der Waals surface area contributed by atoms with Gasteiger partial charge in [0.25, 0.3) is 0 Å². The lowest BCUT2D eigenvalue weighted by Crippen LogP contribution is -2.02. The van der Waals surface area contributed by atoms with Crippen LogP contribution in [0, 0.1) is 13.8 Å². The second kappa shape index (κ2) is 5.65. The number of para-hydroxylation sites is 1. The summed E-state index contributed by atoms with van der Waals surface area (Å²) in [5.74, 6) is 0.697. The SMILES string of the molecule is COc1cccc(CNc2cc(C)ccc2C)c1O. The number of aryl methyl sites for hydroxylation is 2. The van der Waals surface area contributed by atoms with Gasteiger partial charge in [-0.05, 0) is 37.1 Å². The molecule has 2 aromatic carbocycles. The number of anilines is 1. The molecule has 2 rings (SSSR count). The topological polar surface area (TPSA) is 41.5 Å². The minimum atomic E-state index is 0.197. The molecule has 2 N–H and O–H groups in total. The fourth-order valence-electron chi connectivity index (χ4n) is 1.99. The number of phenols is 1. The lowest BCUT2D eigenvalue weighted by Gasteiger charge is -2.13. The molecule has 0 bridgehead atoms. The molecule has 0 saturated heterocycles. The summed E-state index contributed by atoms with van der Waals surface area (Å²) in [4.78, 5) is 0. The zero-order valence-corrected chi connectivity index (χ0v) is 11.5. The Hall–Kier alpha value is -2.16. The van der Waals surface area contributed by atoms with E-state index in [0.717, 1.165) is 11.3 Å². The molecular formula is C16H19NO2. The third kappa shape index (κ3) is 2.99. The van der Waals surface area contributed by atoms with Crippen LogP contribution in [0.3, 0.4) is 0 Å². The Bertz CT molecular complexity index is 579. The molecule has 2 aromatic rings. The zero-order valence-electron chi connectivity index (χ0n) is 11.5. The van der Waals surface area contributed by atoms with E-state index < -0.39 is 0 Å². The van der Waals surface area contributed by atoms with E-state index in [4.69, 9.17) is 4.74 Å². The van der Waals surface area contributed by atoms with Gasteiger partial charge in [0.05, 0.1) is 7.11 Å². The van der Waals surface area contributed by atoms with Gasteiger partial charge in [-0.1, -0.05) is 24.3 Å². The van der Waals surface area contributed by atoms with Crippen LogP contribution in [0.2, 0.25) is 0 Å². The highest BCUT2D eigenvalue weighted by molar-refractivity contribution is 5.54. The molecule has 0 aliphatic heterocycles. The first-order valence-corrected chi connectivity index (χ1v) is 6.28.